The SMILES string of the molecule is C/C=C\CC1=C(C)C(C)CC1=O. The third-order valence-corrected chi connectivity index (χ3v) is 2.60. The van der Waals surface area contributed by atoms with Gasteiger partial charge in [-0.25, -0.2) is 0 Å². The van der Waals surface area contributed by atoms with Crippen LogP contribution in [0, 0.1) is 5.92 Å². The quantitative estimate of drug-likeness (QED) is 0.573. The van der Waals surface area contributed by atoms with Crippen LogP contribution in [0.25, 0.3) is 0 Å². The number of allylic oxidation sites excluding steroid dienone is 4. The predicted octanol–water partition coefficient (Wildman–Crippen LogP) is 2.88. The van der Waals surface area contributed by atoms with Gasteiger partial charge < -0.3 is 0 Å². The predicted molar refractivity (Wildman–Crippen MR) is 50.9 cm³/mol. The van der Waals surface area contributed by atoms with Gasteiger partial charge in [0.15, 0.2) is 5.78 Å². The van der Waals surface area contributed by atoms with Crippen molar-refractivity contribution in [3.63, 3.8) is 0 Å². The highest BCUT2D eigenvalue weighted by molar-refractivity contribution is 5.99. The molecule has 0 aromatic heterocycles. The number of hydrogen-bond donors (Lipinski definition) is 0. The van der Waals surface area contributed by atoms with Crippen LogP contribution in [0.4, 0.5) is 0 Å². The lowest BCUT2D eigenvalue weighted by atomic mass is 10.0. The molecular formula is C11H16O. The van der Waals surface area contributed by atoms with Crippen LogP contribution in [0.3, 0.4) is 0 Å². The molecule has 0 saturated carbocycles. The van der Waals surface area contributed by atoms with Gasteiger partial charge in [0.25, 0.3) is 0 Å². The summed E-state index contributed by atoms with van der Waals surface area (Å²) < 4.78 is 0. The summed E-state index contributed by atoms with van der Waals surface area (Å²) in [7, 11) is 0. The van der Waals surface area contributed by atoms with Crippen molar-refractivity contribution < 1.29 is 4.79 Å². The third kappa shape index (κ3) is 1.66. The molecule has 0 radical (unpaired) electrons. The monoisotopic (exact) mass is 164 g/mol. The van der Waals surface area contributed by atoms with Gasteiger partial charge in [0.2, 0.25) is 0 Å². The van der Waals surface area contributed by atoms with Gasteiger partial charge in [-0.2, -0.15) is 0 Å². The first kappa shape index (κ1) is 9.24. The van der Waals surface area contributed by atoms with Crippen LogP contribution < -0.4 is 0 Å². The normalized spacial score (nSPS) is 24.6. The Bertz CT molecular complexity index is 246. The van der Waals surface area contributed by atoms with Crippen molar-refractivity contribution in [3.05, 3.63) is 23.3 Å². The molecule has 0 N–H and O–H groups in total. The van der Waals surface area contributed by atoms with Crippen LogP contribution in [-0.4, -0.2) is 5.78 Å². The molecule has 66 valence electrons. The lowest BCUT2D eigenvalue weighted by Gasteiger charge is -2.00. The molecule has 1 rings (SSSR count). The molecule has 0 bridgehead atoms. The largest absolute Gasteiger partial charge is 0.295 e. The van der Waals surface area contributed by atoms with Crippen LogP contribution in [0.15, 0.2) is 23.3 Å². The summed E-state index contributed by atoms with van der Waals surface area (Å²) in [5.41, 5.74) is 2.33. The van der Waals surface area contributed by atoms with Crippen molar-refractivity contribution in [1.82, 2.24) is 0 Å². The second-order valence-electron chi connectivity index (χ2n) is 3.46. The summed E-state index contributed by atoms with van der Waals surface area (Å²) in [4.78, 5) is 11.4. The van der Waals surface area contributed by atoms with Crippen LogP contribution >= 0.6 is 0 Å². The maximum absolute atomic E-state index is 11.4. The van der Waals surface area contributed by atoms with Crippen molar-refractivity contribution >= 4 is 5.78 Å². The van der Waals surface area contributed by atoms with E-state index in [1.54, 1.807) is 0 Å². The first-order valence-corrected chi connectivity index (χ1v) is 4.50. The van der Waals surface area contributed by atoms with Gasteiger partial charge in [-0.05, 0) is 31.8 Å². The molecule has 0 amide bonds. The van der Waals surface area contributed by atoms with E-state index in [4.69, 9.17) is 0 Å². The number of carbonyl (C=O) groups is 1. The highest BCUT2D eigenvalue weighted by atomic mass is 16.1. The van der Waals surface area contributed by atoms with Crippen LogP contribution in [0.1, 0.15) is 33.6 Å². The van der Waals surface area contributed by atoms with E-state index >= 15 is 0 Å². The molecule has 0 aromatic carbocycles. The minimum atomic E-state index is 0.345. The fourth-order valence-corrected chi connectivity index (χ4v) is 1.58. The van der Waals surface area contributed by atoms with E-state index in [0.717, 1.165) is 18.4 Å². The second kappa shape index (κ2) is 3.70. The average molecular weight is 164 g/mol. The van der Waals surface area contributed by atoms with Gasteiger partial charge in [0, 0.05) is 6.42 Å². The van der Waals surface area contributed by atoms with Crippen molar-refractivity contribution in [1.29, 1.82) is 0 Å². The number of carbonyl (C=O) groups excluding carboxylic acids is 1. The van der Waals surface area contributed by atoms with Gasteiger partial charge in [-0.1, -0.05) is 24.6 Å². The molecule has 1 atom stereocenters. The van der Waals surface area contributed by atoms with Gasteiger partial charge in [-0.3, -0.25) is 4.79 Å². The molecule has 1 aliphatic rings. The van der Waals surface area contributed by atoms with Crippen molar-refractivity contribution in [2.75, 3.05) is 0 Å². The van der Waals surface area contributed by atoms with Gasteiger partial charge in [0.1, 0.15) is 0 Å². The Morgan fingerprint density at radius 3 is 2.67 bits per heavy atom. The molecule has 1 heteroatoms. The lowest BCUT2D eigenvalue weighted by molar-refractivity contribution is -0.115. The molecule has 0 saturated heterocycles. The van der Waals surface area contributed by atoms with E-state index in [2.05, 4.69) is 19.9 Å². The van der Waals surface area contributed by atoms with Gasteiger partial charge in [0.05, 0.1) is 0 Å². The Kier molecular flexibility index (Phi) is 2.85. The second-order valence-corrected chi connectivity index (χ2v) is 3.46. The summed E-state index contributed by atoms with van der Waals surface area (Å²) in [6.45, 7) is 6.18. The van der Waals surface area contributed by atoms with E-state index in [0.29, 0.717) is 11.7 Å². The van der Waals surface area contributed by atoms with Crippen LogP contribution in [0.2, 0.25) is 0 Å². The molecule has 1 unspecified atom stereocenters. The molecule has 0 fully saturated rings. The number of hydrogen-bond acceptors (Lipinski definition) is 1. The summed E-state index contributed by atoms with van der Waals surface area (Å²) >= 11 is 0. The molecule has 0 aliphatic heterocycles. The van der Waals surface area contributed by atoms with Gasteiger partial charge in [-0.15, -0.1) is 0 Å². The van der Waals surface area contributed by atoms with E-state index < -0.39 is 0 Å². The fourth-order valence-electron chi connectivity index (χ4n) is 1.58. The van der Waals surface area contributed by atoms with E-state index in [1.165, 1.54) is 5.57 Å². The minimum Gasteiger partial charge on any atom is -0.295 e. The molecule has 1 aliphatic carbocycles. The van der Waals surface area contributed by atoms with Crippen molar-refractivity contribution in [3.8, 4) is 0 Å². The lowest BCUT2D eigenvalue weighted by Crippen LogP contribution is -1.95. The fraction of sp³-hybridized carbons (Fsp3) is 0.545. The van der Waals surface area contributed by atoms with Gasteiger partial charge >= 0.3 is 0 Å². The zero-order valence-corrected chi connectivity index (χ0v) is 8.05. The van der Waals surface area contributed by atoms with E-state index in [1.807, 2.05) is 13.0 Å². The smallest absolute Gasteiger partial charge is 0.159 e. The molecule has 12 heavy (non-hydrogen) atoms. The van der Waals surface area contributed by atoms with Crippen LogP contribution in [-0.2, 0) is 4.79 Å². The molecular weight excluding hydrogens is 148 g/mol. The highest BCUT2D eigenvalue weighted by Crippen LogP contribution is 2.30. The Morgan fingerprint density at radius 1 is 1.58 bits per heavy atom. The Hall–Kier alpha value is -0.850. The molecule has 0 spiro atoms. The van der Waals surface area contributed by atoms with Crippen molar-refractivity contribution in [2.45, 2.75) is 33.6 Å². The first-order chi connectivity index (χ1) is 5.66. The van der Waals surface area contributed by atoms with E-state index in [-0.39, 0.29) is 0 Å². The van der Waals surface area contributed by atoms with E-state index in [9.17, 15) is 4.79 Å². The maximum Gasteiger partial charge on any atom is 0.159 e. The summed E-state index contributed by atoms with van der Waals surface area (Å²) in [5, 5.41) is 0. The summed E-state index contributed by atoms with van der Waals surface area (Å²) in [6, 6.07) is 0. The maximum atomic E-state index is 11.4. The standard InChI is InChI=1S/C11H16O/c1-4-5-6-10-9(3)8(2)7-11(10)12/h4-5,8H,6-7H2,1-3H3/b5-4-. The summed E-state index contributed by atoms with van der Waals surface area (Å²) in [6.07, 6.45) is 5.59. The molecule has 0 aromatic rings. The summed E-state index contributed by atoms with van der Waals surface area (Å²) in [5.74, 6) is 0.816. The Balaban J connectivity index is 2.78. The third-order valence-electron chi connectivity index (χ3n) is 2.60. The Labute approximate surface area is 74.2 Å². The number of Topliss-reactive ketones (excluding diaryl/α,β-unsaturated/α-hetero) is 1. The first-order valence-electron chi connectivity index (χ1n) is 4.50. The van der Waals surface area contributed by atoms with Crippen molar-refractivity contribution in [2.24, 2.45) is 5.92 Å². The Morgan fingerprint density at radius 2 is 2.25 bits per heavy atom. The highest BCUT2D eigenvalue weighted by Gasteiger charge is 2.24. The number of rotatable bonds is 2. The minimum absolute atomic E-state index is 0.345. The molecule has 1 nitrogen and oxygen atoms in total. The topological polar surface area (TPSA) is 17.1 Å². The average Bonchev–Trinajstić information content (AvgIpc) is 2.25. The number of ketones is 1. The van der Waals surface area contributed by atoms with Crippen LogP contribution in [0.5, 0.6) is 0 Å². The molecule has 0 heterocycles. The zero-order chi connectivity index (χ0) is 9.14. The zero-order valence-electron chi connectivity index (χ0n) is 8.05.